The summed E-state index contributed by atoms with van der Waals surface area (Å²) in [6, 6.07) is 2.21. The molecule has 0 radical (unpaired) electrons. The van der Waals surface area contributed by atoms with Gasteiger partial charge in [-0.2, -0.15) is 13.2 Å². The van der Waals surface area contributed by atoms with E-state index in [0.717, 1.165) is 12.1 Å². The highest BCUT2D eigenvalue weighted by Gasteiger charge is 2.36. The number of carbonyl (C=O) groups is 1. The first kappa shape index (κ1) is 12.3. The number of carbonyl (C=O) groups excluding carboxylic acids is 1. The van der Waals surface area contributed by atoms with E-state index in [9.17, 15) is 18.0 Å². The molecule has 15 heavy (non-hydrogen) atoms. The Morgan fingerprint density at radius 1 is 1.40 bits per heavy atom. The molecule has 7 heteroatoms. The molecule has 0 fully saturated rings. The summed E-state index contributed by atoms with van der Waals surface area (Å²) in [7, 11) is 0. The van der Waals surface area contributed by atoms with E-state index in [2.05, 4.69) is 15.9 Å². The molecule has 0 heterocycles. The highest BCUT2D eigenvalue weighted by molar-refractivity contribution is 9.10. The van der Waals surface area contributed by atoms with E-state index in [4.69, 9.17) is 17.3 Å². The average Bonchev–Trinajstić information content (AvgIpc) is 2.00. The highest BCUT2D eigenvalue weighted by Crippen LogP contribution is 2.40. The van der Waals surface area contributed by atoms with Crippen LogP contribution in [0.15, 0.2) is 16.6 Å². The molecule has 0 aliphatic carbocycles. The summed E-state index contributed by atoms with van der Waals surface area (Å²) in [6.07, 6.45) is -4.63. The van der Waals surface area contributed by atoms with Gasteiger partial charge < -0.3 is 5.73 Å². The van der Waals surface area contributed by atoms with Crippen molar-refractivity contribution >= 4 is 38.5 Å². The van der Waals surface area contributed by atoms with Crippen LogP contribution < -0.4 is 5.73 Å². The zero-order chi connectivity index (χ0) is 11.8. The number of halogens is 5. The van der Waals surface area contributed by atoms with Crippen molar-refractivity contribution in [3.05, 3.63) is 27.7 Å². The van der Waals surface area contributed by atoms with E-state index < -0.39 is 22.7 Å². The molecule has 0 aromatic heterocycles. The van der Waals surface area contributed by atoms with E-state index >= 15 is 0 Å². The van der Waals surface area contributed by atoms with E-state index in [1.807, 2.05) is 0 Å². The number of hydrogen-bond acceptors (Lipinski definition) is 2. The second kappa shape index (κ2) is 4.02. The van der Waals surface area contributed by atoms with Gasteiger partial charge in [-0.05, 0) is 23.7 Å². The van der Waals surface area contributed by atoms with Crippen LogP contribution >= 0.6 is 27.5 Å². The molecule has 82 valence electrons. The van der Waals surface area contributed by atoms with Crippen molar-refractivity contribution in [1.82, 2.24) is 0 Å². The minimum Gasteiger partial charge on any atom is -0.398 e. The molecular formula is C8H4BrClF3NO. The minimum atomic E-state index is -4.63. The van der Waals surface area contributed by atoms with Crippen LogP contribution in [0, 0.1) is 0 Å². The SMILES string of the molecule is Nc1c(C(=O)Cl)ccc(Br)c1C(F)(F)F. The quantitative estimate of drug-likeness (QED) is 0.638. The molecule has 1 aromatic rings. The smallest absolute Gasteiger partial charge is 0.398 e. The molecular weight excluding hydrogens is 298 g/mol. The first-order valence-corrected chi connectivity index (χ1v) is 4.77. The number of hydrogen-bond donors (Lipinski definition) is 1. The van der Waals surface area contributed by atoms with Gasteiger partial charge in [0.2, 0.25) is 0 Å². The maximum absolute atomic E-state index is 12.5. The number of alkyl halides is 3. The van der Waals surface area contributed by atoms with Crippen molar-refractivity contribution in [2.75, 3.05) is 5.73 Å². The Morgan fingerprint density at radius 2 is 1.93 bits per heavy atom. The van der Waals surface area contributed by atoms with Crippen molar-refractivity contribution in [1.29, 1.82) is 0 Å². The maximum Gasteiger partial charge on any atom is 0.419 e. The van der Waals surface area contributed by atoms with Gasteiger partial charge in [-0.3, -0.25) is 4.79 Å². The normalized spacial score (nSPS) is 11.5. The molecule has 0 bridgehead atoms. The van der Waals surface area contributed by atoms with Crippen molar-refractivity contribution in [2.45, 2.75) is 6.18 Å². The highest BCUT2D eigenvalue weighted by atomic mass is 79.9. The molecule has 0 aliphatic rings. The van der Waals surface area contributed by atoms with Gasteiger partial charge in [-0.25, -0.2) is 0 Å². The van der Waals surface area contributed by atoms with Gasteiger partial charge in [-0.15, -0.1) is 0 Å². The van der Waals surface area contributed by atoms with Crippen LogP contribution in [0.5, 0.6) is 0 Å². The fourth-order valence-electron chi connectivity index (χ4n) is 1.05. The topological polar surface area (TPSA) is 43.1 Å². The molecule has 1 aromatic carbocycles. The monoisotopic (exact) mass is 301 g/mol. The molecule has 0 atom stereocenters. The molecule has 2 N–H and O–H groups in total. The molecule has 0 spiro atoms. The third-order valence-electron chi connectivity index (χ3n) is 1.69. The van der Waals surface area contributed by atoms with Gasteiger partial charge in [0.25, 0.3) is 5.24 Å². The summed E-state index contributed by atoms with van der Waals surface area (Å²) in [5.41, 5.74) is 3.10. The van der Waals surface area contributed by atoms with Crippen molar-refractivity contribution in [3.63, 3.8) is 0 Å². The standard InChI is InChI=1S/C8H4BrClF3NO/c9-4-2-1-3(7(10)15)6(14)5(4)8(11,12)13/h1-2H,14H2. The number of benzene rings is 1. The van der Waals surface area contributed by atoms with Gasteiger partial charge in [-0.1, -0.05) is 15.9 Å². The lowest BCUT2D eigenvalue weighted by Crippen LogP contribution is -2.12. The van der Waals surface area contributed by atoms with Crippen LogP contribution in [0.3, 0.4) is 0 Å². The van der Waals surface area contributed by atoms with Crippen LogP contribution in [-0.4, -0.2) is 5.24 Å². The first-order valence-electron chi connectivity index (χ1n) is 3.60. The van der Waals surface area contributed by atoms with Crippen molar-refractivity contribution in [2.24, 2.45) is 0 Å². The van der Waals surface area contributed by atoms with E-state index in [1.54, 1.807) is 0 Å². The zero-order valence-corrected chi connectivity index (χ0v) is 9.37. The van der Waals surface area contributed by atoms with Gasteiger partial charge in [0.1, 0.15) is 0 Å². The van der Waals surface area contributed by atoms with Crippen LogP contribution in [0.25, 0.3) is 0 Å². The lowest BCUT2D eigenvalue weighted by molar-refractivity contribution is -0.137. The van der Waals surface area contributed by atoms with Crippen LogP contribution in [0.4, 0.5) is 18.9 Å². The van der Waals surface area contributed by atoms with Gasteiger partial charge in [0, 0.05) is 4.47 Å². The molecule has 0 unspecified atom stereocenters. The predicted molar refractivity (Wildman–Crippen MR) is 53.7 cm³/mol. The van der Waals surface area contributed by atoms with Crippen molar-refractivity contribution < 1.29 is 18.0 Å². The lowest BCUT2D eigenvalue weighted by Gasteiger charge is -2.13. The summed E-state index contributed by atoms with van der Waals surface area (Å²) >= 11 is 7.79. The van der Waals surface area contributed by atoms with Crippen LogP contribution in [-0.2, 0) is 6.18 Å². The first-order chi connectivity index (χ1) is 6.75. The van der Waals surface area contributed by atoms with Crippen LogP contribution in [0.2, 0.25) is 0 Å². The Balaban J connectivity index is 3.51. The summed E-state index contributed by atoms with van der Waals surface area (Å²) in [6.45, 7) is 0. The fraction of sp³-hybridized carbons (Fsp3) is 0.125. The molecule has 1 rings (SSSR count). The largest absolute Gasteiger partial charge is 0.419 e. The Bertz CT molecular complexity index is 419. The summed E-state index contributed by atoms with van der Waals surface area (Å²) in [5, 5.41) is -1.02. The average molecular weight is 302 g/mol. The summed E-state index contributed by atoms with van der Waals surface area (Å²) < 4.78 is 37.2. The van der Waals surface area contributed by atoms with Gasteiger partial charge in [0.05, 0.1) is 16.8 Å². The Morgan fingerprint density at radius 3 is 2.33 bits per heavy atom. The fourth-order valence-corrected chi connectivity index (χ4v) is 1.79. The second-order valence-electron chi connectivity index (χ2n) is 2.66. The van der Waals surface area contributed by atoms with E-state index in [1.165, 1.54) is 0 Å². The van der Waals surface area contributed by atoms with Crippen LogP contribution in [0.1, 0.15) is 15.9 Å². The molecule has 0 aliphatic heterocycles. The van der Waals surface area contributed by atoms with E-state index in [-0.39, 0.29) is 10.0 Å². The third kappa shape index (κ3) is 2.43. The maximum atomic E-state index is 12.5. The summed E-state index contributed by atoms with van der Waals surface area (Å²) in [5.74, 6) is 0. The molecule has 0 saturated heterocycles. The minimum absolute atomic E-state index is 0.228. The van der Waals surface area contributed by atoms with Gasteiger partial charge >= 0.3 is 6.18 Å². The Kier molecular flexibility index (Phi) is 3.30. The number of nitrogen functional groups attached to an aromatic ring is 1. The third-order valence-corrected chi connectivity index (χ3v) is 2.55. The molecule has 0 saturated carbocycles. The Labute approximate surface area is 96.3 Å². The number of anilines is 1. The van der Waals surface area contributed by atoms with Crippen molar-refractivity contribution in [3.8, 4) is 0 Å². The molecule has 0 amide bonds. The van der Waals surface area contributed by atoms with Gasteiger partial charge in [0.15, 0.2) is 0 Å². The summed E-state index contributed by atoms with van der Waals surface area (Å²) in [4.78, 5) is 10.8. The number of nitrogens with two attached hydrogens (primary N) is 1. The second-order valence-corrected chi connectivity index (χ2v) is 3.85. The lowest BCUT2D eigenvalue weighted by atomic mass is 10.1. The molecule has 2 nitrogen and oxygen atoms in total. The predicted octanol–water partition coefficient (Wildman–Crippen LogP) is 3.43. The number of rotatable bonds is 1. The Hall–Kier alpha value is -0.750. The zero-order valence-electron chi connectivity index (χ0n) is 7.03. The van der Waals surface area contributed by atoms with E-state index in [0.29, 0.717) is 0 Å².